The van der Waals surface area contributed by atoms with E-state index in [0.717, 1.165) is 0 Å². The lowest BCUT2D eigenvalue weighted by atomic mass is 10.1. The van der Waals surface area contributed by atoms with Crippen LogP contribution in [0.2, 0.25) is 0 Å². The van der Waals surface area contributed by atoms with Crippen molar-refractivity contribution in [3.05, 3.63) is 47.6 Å². The van der Waals surface area contributed by atoms with Crippen LogP contribution in [0.1, 0.15) is 34.8 Å². The Bertz CT molecular complexity index is 885. The third kappa shape index (κ3) is 3.23. The molecule has 0 aromatic carbocycles. The summed E-state index contributed by atoms with van der Waals surface area (Å²) < 4.78 is 12.2. The number of ether oxygens (including phenoxy) is 1. The molecule has 0 saturated carbocycles. The zero-order chi connectivity index (χ0) is 18.0. The predicted octanol–water partition coefficient (Wildman–Crippen LogP) is 2.28. The van der Waals surface area contributed by atoms with Crippen LogP contribution in [0.5, 0.6) is 5.75 Å². The number of nitrogens with one attached hydrogen (secondary N) is 1. The summed E-state index contributed by atoms with van der Waals surface area (Å²) in [7, 11) is 3.36. The fraction of sp³-hybridized carbons (Fsp3) is 0.294. The summed E-state index contributed by atoms with van der Waals surface area (Å²) in [5.41, 5.74) is 2.00. The maximum atomic E-state index is 12.8. The first-order valence-electron chi connectivity index (χ1n) is 7.77. The minimum Gasteiger partial charge on any atom is -0.493 e. The Balaban J connectivity index is 1.88. The molecule has 0 radical (unpaired) electrons. The molecule has 25 heavy (non-hydrogen) atoms. The lowest BCUT2D eigenvalue weighted by molar-refractivity contribution is 0.0937. The largest absolute Gasteiger partial charge is 0.493 e. The second-order valence-corrected chi connectivity index (χ2v) is 5.63. The number of rotatable bonds is 5. The SMILES string of the molecule is COc1cn(C)nc1C(C)NC(=O)c1c(-c2ccccn2)noc1C. The Labute approximate surface area is 144 Å². The number of methoxy groups -OCH3 is 1. The maximum absolute atomic E-state index is 12.8. The van der Waals surface area contributed by atoms with Crippen molar-refractivity contribution in [3.63, 3.8) is 0 Å². The molecular formula is C17H19N5O3. The molecular weight excluding hydrogens is 322 g/mol. The number of aryl methyl sites for hydroxylation is 2. The van der Waals surface area contributed by atoms with E-state index < -0.39 is 0 Å². The normalized spacial score (nSPS) is 12.0. The first-order chi connectivity index (χ1) is 12.0. The zero-order valence-electron chi connectivity index (χ0n) is 14.5. The van der Waals surface area contributed by atoms with Gasteiger partial charge in [0, 0.05) is 13.2 Å². The molecule has 3 heterocycles. The van der Waals surface area contributed by atoms with E-state index in [4.69, 9.17) is 9.26 Å². The number of carbonyl (C=O) groups excluding carboxylic acids is 1. The molecule has 8 nitrogen and oxygen atoms in total. The third-order valence-electron chi connectivity index (χ3n) is 3.80. The van der Waals surface area contributed by atoms with Crippen molar-refractivity contribution in [1.29, 1.82) is 0 Å². The quantitative estimate of drug-likeness (QED) is 0.765. The molecule has 0 aliphatic heterocycles. The van der Waals surface area contributed by atoms with Gasteiger partial charge in [-0.05, 0) is 26.0 Å². The van der Waals surface area contributed by atoms with Gasteiger partial charge in [-0.15, -0.1) is 0 Å². The Morgan fingerprint density at radius 3 is 2.88 bits per heavy atom. The Morgan fingerprint density at radius 2 is 2.20 bits per heavy atom. The van der Waals surface area contributed by atoms with Crippen molar-refractivity contribution in [2.75, 3.05) is 7.11 Å². The molecule has 1 amide bonds. The second-order valence-electron chi connectivity index (χ2n) is 5.63. The van der Waals surface area contributed by atoms with Gasteiger partial charge in [-0.2, -0.15) is 5.10 Å². The summed E-state index contributed by atoms with van der Waals surface area (Å²) in [6.07, 6.45) is 3.39. The van der Waals surface area contributed by atoms with Crippen molar-refractivity contribution in [2.24, 2.45) is 7.05 Å². The van der Waals surface area contributed by atoms with Gasteiger partial charge in [-0.25, -0.2) is 0 Å². The van der Waals surface area contributed by atoms with Gasteiger partial charge in [0.25, 0.3) is 5.91 Å². The van der Waals surface area contributed by atoms with E-state index in [9.17, 15) is 4.79 Å². The highest BCUT2D eigenvalue weighted by atomic mass is 16.5. The molecule has 0 aliphatic carbocycles. The van der Waals surface area contributed by atoms with Gasteiger partial charge >= 0.3 is 0 Å². The summed E-state index contributed by atoms with van der Waals surface area (Å²) in [6, 6.07) is 5.05. The number of hydrogen-bond acceptors (Lipinski definition) is 6. The molecule has 8 heteroatoms. The third-order valence-corrected chi connectivity index (χ3v) is 3.80. The van der Waals surface area contributed by atoms with Crippen molar-refractivity contribution in [2.45, 2.75) is 19.9 Å². The van der Waals surface area contributed by atoms with Crippen LogP contribution in [0.15, 0.2) is 35.1 Å². The summed E-state index contributed by atoms with van der Waals surface area (Å²) in [5, 5.41) is 11.2. The molecule has 0 saturated heterocycles. The van der Waals surface area contributed by atoms with E-state index in [2.05, 4.69) is 20.6 Å². The minimum absolute atomic E-state index is 0.306. The molecule has 0 spiro atoms. The van der Waals surface area contributed by atoms with Gasteiger partial charge < -0.3 is 14.6 Å². The Hall–Kier alpha value is -3.16. The molecule has 0 fully saturated rings. The highest BCUT2D eigenvalue weighted by molar-refractivity contribution is 6.00. The van der Waals surface area contributed by atoms with Gasteiger partial charge in [-0.3, -0.25) is 14.5 Å². The number of aromatic nitrogens is 4. The molecule has 3 aromatic rings. The van der Waals surface area contributed by atoms with Crippen molar-refractivity contribution >= 4 is 5.91 Å². The van der Waals surface area contributed by atoms with E-state index in [0.29, 0.717) is 34.2 Å². The monoisotopic (exact) mass is 341 g/mol. The van der Waals surface area contributed by atoms with Gasteiger partial charge in [0.15, 0.2) is 5.75 Å². The Morgan fingerprint density at radius 1 is 1.40 bits per heavy atom. The highest BCUT2D eigenvalue weighted by Crippen LogP contribution is 2.26. The fourth-order valence-corrected chi connectivity index (χ4v) is 2.60. The first-order valence-corrected chi connectivity index (χ1v) is 7.77. The second kappa shape index (κ2) is 6.76. The molecule has 1 atom stereocenters. The molecule has 3 rings (SSSR count). The first kappa shape index (κ1) is 16.7. The van der Waals surface area contributed by atoms with Crippen molar-refractivity contribution in [3.8, 4) is 17.1 Å². The van der Waals surface area contributed by atoms with Crippen molar-refractivity contribution < 1.29 is 14.1 Å². The number of carbonyl (C=O) groups is 1. The lowest BCUT2D eigenvalue weighted by Crippen LogP contribution is -2.28. The molecule has 130 valence electrons. The average molecular weight is 341 g/mol. The average Bonchev–Trinajstić information content (AvgIpc) is 3.18. The van der Waals surface area contributed by atoms with Crippen LogP contribution in [0.4, 0.5) is 0 Å². The summed E-state index contributed by atoms with van der Waals surface area (Å²) in [5.74, 6) is 0.736. The topological polar surface area (TPSA) is 95.1 Å². The summed E-state index contributed by atoms with van der Waals surface area (Å²) in [4.78, 5) is 17.0. The number of hydrogen-bond donors (Lipinski definition) is 1. The molecule has 3 aromatic heterocycles. The van der Waals surface area contributed by atoms with Gasteiger partial charge in [0.2, 0.25) is 0 Å². The smallest absolute Gasteiger partial charge is 0.257 e. The highest BCUT2D eigenvalue weighted by Gasteiger charge is 2.25. The number of amides is 1. The lowest BCUT2D eigenvalue weighted by Gasteiger charge is -2.13. The van der Waals surface area contributed by atoms with E-state index in [-0.39, 0.29) is 11.9 Å². The summed E-state index contributed by atoms with van der Waals surface area (Å²) >= 11 is 0. The van der Waals surface area contributed by atoms with E-state index >= 15 is 0 Å². The van der Waals surface area contributed by atoms with Crippen LogP contribution in [0.3, 0.4) is 0 Å². The number of nitrogens with zero attached hydrogens (tertiary/aromatic N) is 4. The minimum atomic E-state index is -0.352. The van der Waals surface area contributed by atoms with Crippen LogP contribution >= 0.6 is 0 Å². The predicted molar refractivity (Wildman–Crippen MR) is 90.1 cm³/mol. The van der Waals surface area contributed by atoms with Gasteiger partial charge in [0.05, 0.1) is 25.0 Å². The van der Waals surface area contributed by atoms with Gasteiger partial charge in [-0.1, -0.05) is 11.2 Å². The molecule has 1 N–H and O–H groups in total. The van der Waals surface area contributed by atoms with Crippen LogP contribution < -0.4 is 10.1 Å². The standard InChI is InChI=1S/C17H19N5O3/c1-10(15-13(24-4)9-22(3)20-15)19-17(23)14-11(2)25-21-16(14)12-7-5-6-8-18-12/h5-10H,1-4H3,(H,19,23). The van der Waals surface area contributed by atoms with Crippen LogP contribution in [0, 0.1) is 6.92 Å². The van der Waals surface area contributed by atoms with Crippen LogP contribution in [0.25, 0.3) is 11.4 Å². The zero-order valence-corrected chi connectivity index (χ0v) is 14.5. The van der Waals surface area contributed by atoms with Crippen molar-refractivity contribution in [1.82, 2.24) is 25.2 Å². The van der Waals surface area contributed by atoms with E-state index in [1.54, 1.807) is 50.3 Å². The van der Waals surface area contributed by atoms with Crippen LogP contribution in [-0.4, -0.2) is 32.9 Å². The molecule has 1 unspecified atom stereocenters. The fourth-order valence-electron chi connectivity index (χ4n) is 2.60. The number of pyridine rings is 1. The van der Waals surface area contributed by atoms with E-state index in [1.807, 2.05) is 13.0 Å². The Kier molecular flexibility index (Phi) is 4.51. The summed E-state index contributed by atoms with van der Waals surface area (Å²) in [6.45, 7) is 3.53. The van der Waals surface area contributed by atoms with Crippen LogP contribution in [-0.2, 0) is 7.05 Å². The molecule has 0 aliphatic rings. The van der Waals surface area contributed by atoms with Gasteiger partial charge in [0.1, 0.15) is 22.7 Å². The maximum Gasteiger partial charge on any atom is 0.257 e. The van der Waals surface area contributed by atoms with E-state index in [1.165, 1.54) is 0 Å². The molecule has 0 bridgehead atoms.